The topological polar surface area (TPSA) is 89.0 Å². The monoisotopic (exact) mass is 499 g/mol. The molecule has 9 heteroatoms. The lowest BCUT2D eigenvalue weighted by Gasteiger charge is -2.12. The van der Waals surface area contributed by atoms with Crippen molar-refractivity contribution in [3.63, 3.8) is 0 Å². The van der Waals surface area contributed by atoms with Gasteiger partial charge in [-0.25, -0.2) is 8.42 Å². The standard InChI is InChI=1S/C17H29N3O4S.HI/c1-5-18-17(20-11-12-25(21,22)6-2)19-10-9-14-7-8-15(23-3)16(13-14)24-4;/h7-8,13H,5-6,9-12H2,1-4H3,(H2,18,19,20);1H. The number of hydrogen-bond donors (Lipinski definition) is 2. The molecule has 0 aromatic heterocycles. The van der Waals surface area contributed by atoms with E-state index in [-0.39, 0.29) is 42.0 Å². The lowest BCUT2D eigenvalue weighted by Crippen LogP contribution is -2.38. The summed E-state index contributed by atoms with van der Waals surface area (Å²) >= 11 is 0. The van der Waals surface area contributed by atoms with Crippen molar-refractivity contribution in [1.29, 1.82) is 0 Å². The summed E-state index contributed by atoms with van der Waals surface area (Å²) in [7, 11) is 0.223. The van der Waals surface area contributed by atoms with Gasteiger partial charge in [-0.15, -0.1) is 24.0 Å². The summed E-state index contributed by atoms with van der Waals surface area (Å²) in [4.78, 5) is 4.31. The van der Waals surface area contributed by atoms with E-state index in [1.165, 1.54) is 0 Å². The molecule has 0 aliphatic heterocycles. The minimum Gasteiger partial charge on any atom is -0.493 e. The van der Waals surface area contributed by atoms with Crippen LogP contribution in [0.2, 0.25) is 0 Å². The Kier molecular flexibility index (Phi) is 12.4. The highest BCUT2D eigenvalue weighted by Crippen LogP contribution is 2.27. The van der Waals surface area contributed by atoms with Crippen molar-refractivity contribution >= 4 is 39.8 Å². The predicted molar refractivity (Wildman–Crippen MR) is 117 cm³/mol. The number of ether oxygens (including phenoxy) is 2. The van der Waals surface area contributed by atoms with Crippen molar-refractivity contribution in [3.8, 4) is 11.5 Å². The number of benzene rings is 1. The lowest BCUT2D eigenvalue weighted by molar-refractivity contribution is 0.354. The van der Waals surface area contributed by atoms with E-state index in [1.54, 1.807) is 21.1 Å². The fourth-order valence-electron chi connectivity index (χ4n) is 2.14. The maximum atomic E-state index is 11.5. The minimum atomic E-state index is -3.00. The van der Waals surface area contributed by atoms with E-state index in [1.807, 2.05) is 25.1 Å². The van der Waals surface area contributed by atoms with Gasteiger partial charge in [-0.05, 0) is 31.0 Å². The van der Waals surface area contributed by atoms with E-state index < -0.39 is 9.84 Å². The quantitative estimate of drug-likeness (QED) is 0.290. The third kappa shape index (κ3) is 8.93. The second-order valence-corrected chi connectivity index (χ2v) is 7.84. The summed E-state index contributed by atoms with van der Waals surface area (Å²) in [6, 6.07) is 5.81. The van der Waals surface area contributed by atoms with Crippen molar-refractivity contribution in [2.45, 2.75) is 20.3 Å². The molecule has 7 nitrogen and oxygen atoms in total. The SMILES string of the molecule is CCNC(=NCCS(=O)(=O)CC)NCCc1ccc(OC)c(OC)c1.I. The first kappa shape index (κ1) is 24.8. The van der Waals surface area contributed by atoms with Crippen LogP contribution in [0.4, 0.5) is 0 Å². The van der Waals surface area contributed by atoms with Crippen molar-refractivity contribution in [1.82, 2.24) is 10.6 Å². The number of methoxy groups -OCH3 is 2. The first-order chi connectivity index (χ1) is 12.0. The second-order valence-electron chi connectivity index (χ2n) is 5.36. The predicted octanol–water partition coefficient (Wildman–Crippen LogP) is 1.85. The highest BCUT2D eigenvalue weighted by molar-refractivity contribution is 14.0. The Bertz CT molecular complexity index is 666. The third-order valence-corrected chi connectivity index (χ3v) is 5.29. The van der Waals surface area contributed by atoms with E-state index in [4.69, 9.17) is 9.47 Å². The lowest BCUT2D eigenvalue weighted by atomic mass is 10.1. The van der Waals surface area contributed by atoms with Gasteiger partial charge in [-0.3, -0.25) is 4.99 Å². The maximum absolute atomic E-state index is 11.5. The number of halogens is 1. The van der Waals surface area contributed by atoms with Crippen molar-refractivity contribution in [3.05, 3.63) is 23.8 Å². The highest BCUT2D eigenvalue weighted by Gasteiger charge is 2.07. The number of rotatable bonds is 10. The van der Waals surface area contributed by atoms with Crippen LogP contribution in [0.3, 0.4) is 0 Å². The van der Waals surface area contributed by atoms with E-state index in [2.05, 4.69) is 15.6 Å². The van der Waals surface area contributed by atoms with Gasteiger partial charge in [0.15, 0.2) is 27.3 Å². The van der Waals surface area contributed by atoms with Gasteiger partial charge in [0.1, 0.15) is 0 Å². The minimum absolute atomic E-state index is 0. The van der Waals surface area contributed by atoms with Crippen molar-refractivity contribution in [2.24, 2.45) is 4.99 Å². The summed E-state index contributed by atoms with van der Waals surface area (Å²) in [6.45, 7) is 5.24. The van der Waals surface area contributed by atoms with E-state index >= 15 is 0 Å². The average Bonchev–Trinajstić information content (AvgIpc) is 2.61. The number of aliphatic imine (C=N–C) groups is 1. The molecule has 0 aliphatic carbocycles. The number of sulfone groups is 1. The van der Waals surface area contributed by atoms with Crippen molar-refractivity contribution < 1.29 is 17.9 Å². The van der Waals surface area contributed by atoms with Crippen LogP contribution in [-0.4, -0.2) is 59.7 Å². The molecule has 0 spiro atoms. The second kappa shape index (κ2) is 13.0. The maximum Gasteiger partial charge on any atom is 0.191 e. The Balaban J connectivity index is 0.00000625. The largest absolute Gasteiger partial charge is 0.493 e. The van der Waals surface area contributed by atoms with Gasteiger partial charge in [-0.1, -0.05) is 13.0 Å². The van der Waals surface area contributed by atoms with Gasteiger partial charge in [0.25, 0.3) is 0 Å². The van der Waals surface area contributed by atoms with Gasteiger partial charge in [0.05, 0.1) is 26.5 Å². The molecule has 26 heavy (non-hydrogen) atoms. The fraction of sp³-hybridized carbons (Fsp3) is 0.588. The molecule has 1 aromatic carbocycles. The molecule has 0 fully saturated rings. The first-order valence-corrected chi connectivity index (χ1v) is 10.2. The summed E-state index contributed by atoms with van der Waals surface area (Å²) < 4.78 is 33.6. The molecule has 0 radical (unpaired) electrons. The average molecular weight is 499 g/mol. The molecular weight excluding hydrogens is 469 g/mol. The van der Waals surface area contributed by atoms with Crippen LogP contribution >= 0.6 is 24.0 Å². The Labute approximate surface area is 173 Å². The molecule has 0 amide bonds. The Morgan fingerprint density at radius 1 is 1.12 bits per heavy atom. The Morgan fingerprint density at radius 2 is 1.81 bits per heavy atom. The summed E-state index contributed by atoms with van der Waals surface area (Å²) in [6.07, 6.45) is 0.776. The number of nitrogens with zero attached hydrogens (tertiary/aromatic N) is 1. The van der Waals surface area contributed by atoms with Crippen LogP contribution in [0.25, 0.3) is 0 Å². The van der Waals surface area contributed by atoms with E-state index in [9.17, 15) is 8.42 Å². The molecular formula is C17H30IN3O4S. The molecule has 150 valence electrons. The summed E-state index contributed by atoms with van der Waals surface area (Å²) in [5, 5.41) is 6.32. The zero-order valence-electron chi connectivity index (χ0n) is 15.9. The van der Waals surface area contributed by atoms with Gasteiger partial charge in [0, 0.05) is 18.8 Å². The van der Waals surface area contributed by atoms with Crippen LogP contribution in [0.15, 0.2) is 23.2 Å². The number of hydrogen-bond acceptors (Lipinski definition) is 5. The highest BCUT2D eigenvalue weighted by atomic mass is 127. The van der Waals surface area contributed by atoms with Crippen LogP contribution in [0, 0.1) is 0 Å². The van der Waals surface area contributed by atoms with Crippen LogP contribution < -0.4 is 20.1 Å². The fourth-order valence-corrected chi connectivity index (χ4v) is 2.80. The van der Waals surface area contributed by atoms with Crippen molar-refractivity contribution in [2.75, 3.05) is 45.4 Å². The van der Waals surface area contributed by atoms with Gasteiger partial charge in [0.2, 0.25) is 0 Å². The number of nitrogens with one attached hydrogen (secondary N) is 2. The normalized spacial score (nSPS) is 11.5. The van der Waals surface area contributed by atoms with E-state index in [0.717, 1.165) is 12.0 Å². The van der Waals surface area contributed by atoms with Gasteiger partial charge in [-0.2, -0.15) is 0 Å². The molecule has 1 rings (SSSR count). The summed E-state index contributed by atoms with van der Waals surface area (Å²) in [5.41, 5.74) is 1.11. The zero-order valence-corrected chi connectivity index (χ0v) is 19.0. The Hall–Kier alpha value is -1.23. The smallest absolute Gasteiger partial charge is 0.191 e. The first-order valence-electron chi connectivity index (χ1n) is 8.39. The molecule has 0 saturated heterocycles. The third-order valence-electron chi connectivity index (χ3n) is 3.61. The zero-order chi connectivity index (χ0) is 18.7. The van der Waals surface area contributed by atoms with Gasteiger partial charge < -0.3 is 20.1 Å². The van der Waals surface area contributed by atoms with Crippen LogP contribution in [0.5, 0.6) is 11.5 Å². The molecule has 0 bridgehead atoms. The van der Waals surface area contributed by atoms with Gasteiger partial charge >= 0.3 is 0 Å². The molecule has 1 aromatic rings. The molecule has 0 saturated carbocycles. The molecule has 0 aliphatic rings. The summed E-state index contributed by atoms with van der Waals surface area (Å²) in [5.74, 6) is 2.23. The Morgan fingerprint density at radius 3 is 2.38 bits per heavy atom. The molecule has 0 heterocycles. The van der Waals surface area contributed by atoms with Crippen LogP contribution in [0.1, 0.15) is 19.4 Å². The van der Waals surface area contributed by atoms with E-state index in [0.29, 0.717) is 30.5 Å². The number of guanidine groups is 1. The van der Waals surface area contributed by atoms with Crippen LogP contribution in [-0.2, 0) is 16.3 Å². The molecule has 0 atom stereocenters. The molecule has 0 unspecified atom stereocenters. The molecule has 2 N–H and O–H groups in total.